The molecular weight excluding hydrogens is 308 g/mol. The molecule has 0 radical (unpaired) electrons. The first-order chi connectivity index (χ1) is 11.5. The third-order valence-electron chi connectivity index (χ3n) is 3.93. The lowest BCUT2D eigenvalue weighted by atomic mass is 10.2. The Morgan fingerprint density at radius 2 is 1.83 bits per heavy atom. The van der Waals surface area contributed by atoms with Gasteiger partial charge in [-0.3, -0.25) is 4.65 Å². The van der Waals surface area contributed by atoms with Gasteiger partial charge in [0.1, 0.15) is 24.6 Å². The number of phenolic OH excluding ortho intramolecular Hbond substituents is 1. The maximum absolute atomic E-state index is 13.0. The molecule has 0 saturated heterocycles. The second-order valence-electron chi connectivity index (χ2n) is 5.63. The number of hydroxylamine groups is 3. The summed E-state index contributed by atoms with van der Waals surface area (Å²) in [6, 6.07) is 12.7. The average molecular weight is 326 g/mol. The first kappa shape index (κ1) is 16.0. The minimum Gasteiger partial charge on any atom is -0.623 e. The highest BCUT2D eigenvalue weighted by atomic mass is 16.6. The van der Waals surface area contributed by atoms with Crippen molar-refractivity contribution in [3.63, 3.8) is 0 Å². The Hall–Kier alpha value is -2.83. The summed E-state index contributed by atoms with van der Waals surface area (Å²) >= 11 is 0. The van der Waals surface area contributed by atoms with E-state index in [0.29, 0.717) is 11.4 Å². The summed E-state index contributed by atoms with van der Waals surface area (Å²) < 4.78 is 4.10. The molecule has 1 heterocycles. The number of carbonyl (C=O) groups excluding carboxylic acids is 1. The van der Waals surface area contributed by atoms with E-state index in [0.717, 1.165) is 5.56 Å². The van der Waals surface area contributed by atoms with E-state index in [-0.39, 0.29) is 18.8 Å². The molecule has 24 heavy (non-hydrogen) atoms. The first-order valence-corrected chi connectivity index (χ1v) is 7.52. The van der Waals surface area contributed by atoms with Crippen LogP contribution in [0.15, 0.2) is 60.8 Å². The van der Waals surface area contributed by atoms with Crippen molar-refractivity contribution in [2.75, 3.05) is 18.6 Å². The molecule has 124 valence electrons. The molecule has 1 aliphatic rings. The second-order valence-corrected chi connectivity index (χ2v) is 5.63. The van der Waals surface area contributed by atoms with Gasteiger partial charge in [0.15, 0.2) is 0 Å². The lowest BCUT2D eigenvalue weighted by molar-refractivity contribution is -0.806. The number of hydrogen-bond acceptors (Lipinski definition) is 4. The molecule has 1 N–H and O–H groups in total. The van der Waals surface area contributed by atoms with Gasteiger partial charge in [-0.2, -0.15) is 0 Å². The molecule has 2 amide bonds. The van der Waals surface area contributed by atoms with Crippen LogP contribution in [0, 0.1) is 5.21 Å². The summed E-state index contributed by atoms with van der Waals surface area (Å²) in [6.07, 6.45) is 3.28. The summed E-state index contributed by atoms with van der Waals surface area (Å²) in [5.41, 5.74) is 1.31. The van der Waals surface area contributed by atoms with E-state index >= 15 is 0 Å². The van der Waals surface area contributed by atoms with Gasteiger partial charge in [-0.1, -0.05) is 0 Å². The zero-order valence-electron chi connectivity index (χ0n) is 13.3. The molecule has 1 unspecified atom stereocenters. The molecule has 6 heteroatoms. The standard InChI is InChI=1S/C18H18N2O4/c1-24-17-9-3-14(4-10-17)13-20(23)12-2-11-19(18(20)22)15-5-7-16(21)8-6-15/h2-11,21H,12-13H2,1H3. The monoisotopic (exact) mass is 326 g/mol. The van der Waals surface area contributed by atoms with Gasteiger partial charge in [0.05, 0.1) is 12.8 Å². The van der Waals surface area contributed by atoms with E-state index in [9.17, 15) is 15.1 Å². The van der Waals surface area contributed by atoms with Crippen molar-refractivity contribution in [1.82, 2.24) is 0 Å². The quantitative estimate of drug-likeness (QED) is 0.690. The van der Waals surface area contributed by atoms with Crippen LogP contribution in [0.1, 0.15) is 5.56 Å². The highest BCUT2D eigenvalue weighted by Gasteiger charge is 2.35. The number of urea groups is 1. The molecule has 1 atom stereocenters. The molecule has 1 aliphatic heterocycles. The molecule has 0 spiro atoms. The van der Waals surface area contributed by atoms with Crippen LogP contribution in [0.2, 0.25) is 0 Å². The summed E-state index contributed by atoms with van der Waals surface area (Å²) in [5.74, 6) is 0.806. The van der Waals surface area contributed by atoms with Crippen molar-refractivity contribution < 1.29 is 19.3 Å². The van der Waals surface area contributed by atoms with Crippen LogP contribution in [0.25, 0.3) is 0 Å². The van der Waals surface area contributed by atoms with Gasteiger partial charge in [0, 0.05) is 11.8 Å². The van der Waals surface area contributed by atoms with E-state index in [1.807, 2.05) is 0 Å². The summed E-state index contributed by atoms with van der Waals surface area (Å²) in [7, 11) is 1.57. The van der Waals surface area contributed by atoms with Crippen molar-refractivity contribution in [1.29, 1.82) is 0 Å². The Morgan fingerprint density at radius 1 is 1.17 bits per heavy atom. The minimum absolute atomic E-state index is 0.0434. The Balaban J connectivity index is 1.83. The van der Waals surface area contributed by atoms with Crippen LogP contribution in [0.5, 0.6) is 11.5 Å². The molecule has 6 nitrogen and oxygen atoms in total. The SMILES string of the molecule is COc1ccc(C[N+]2([O-])CC=CN(c3ccc(O)cc3)C2=O)cc1. The molecular formula is C18H18N2O4. The van der Waals surface area contributed by atoms with E-state index in [4.69, 9.17) is 4.74 Å². The molecule has 0 fully saturated rings. The number of quaternary nitrogens is 1. The fraction of sp³-hybridized carbons (Fsp3) is 0.167. The fourth-order valence-corrected chi connectivity index (χ4v) is 2.63. The topological polar surface area (TPSA) is 72.8 Å². The lowest BCUT2D eigenvalue weighted by Gasteiger charge is -2.43. The van der Waals surface area contributed by atoms with Gasteiger partial charge in [0.25, 0.3) is 0 Å². The number of ether oxygens (including phenoxy) is 1. The van der Waals surface area contributed by atoms with Gasteiger partial charge in [0.2, 0.25) is 0 Å². The predicted molar refractivity (Wildman–Crippen MR) is 90.3 cm³/mol. The number of rotatable bonds is 4. The molecule has 0 aromatic heterocycles. The Morgan fingerprint density at radius 3 is 2.46 bits per heavy atom. The maximum Gasteiger partial charge on any atom is 0.428 e. The van der Waals surface area contributed by atoms with Gasteiger partial charge in [-0.15, -0.1) is 0 Å². The third-order valence-corrected chi connectivity index (χ3v) is 3.93. The second kappa shape index (κ2) is 6.35. The van der Waals surface area contributed by atoms with Crippen LogP contribution in [-0.2, 0) is 6.54 Å². The van der Waals surface area contributed by atoms with Crippen molar-refractivity contribution >= 4 is 11.7 Å². The van der Waals surface area contributed by atoms with Gasteiger partial charge in [-0.05, 0) is 54.6 Å². The first-order valence-electron chi connectivity index (χ1n) is 7.52. The molecule has 0 saturated carbocycles. The molecule has 3 rings (SSSR count). The normalized spacial score (nSPS) is 20.2. The van der Waals surface area contributed by atoms with E-state index in [2.05, 4.69) is 0 Å². The van der Waals surface area contributed by atoms with E-state index in [1.165, 1.54) is 17.0 Å². The lowest BCUT2D eigenvalue weighted by Crippen LogP contribution is -2.55. The Bertz CT molecular complexity index is 756. The summed E-state index contributed by atoms with van der Waals surface area (Å²) in [4.78, 5) is 14.0. The van der Waals surface area contributed by atoms with Gasteiger partial charge >= 0.3 is 6.03 Å². The fourth-order valence-electron chi connectivity index (χ4n) is 2.63. The van der Waals surface area contributed by atoms with Crippen molar-refractivity contribution in [3.8, 4) is 11.5 Å². The highest BCUT2D eigenvalue weighted by Crippen LogP contribution is 2.27. The summed E-state index contributed by atoms with van der Waals surface area (Å²) in [6.45, 7) is 0.126. The van der Waals surface area contributed by atoms with Crippen LogP contribution >= 0.6 is 0 Å². The number of hydrogen-bond donors (Lipinski definition) is 1. The van der Waals surface area contributed by atoms with Crippen LogP contribution in [0.4, 0.5) is 10.5 Å². The number of anilines is 1. The van der Waals surface area contributed by atoms with E-state index < -0.39 is 10.7 Å². The summed E-state index contributed by atoms with van der Waals surface area (Å²) in [5, 5.41) is 22.4. The molecule has 0 aliphatic carbocycles. The maximum atomic E-state index is 13.0. The van der Waals surface area contributed by atoms with Crippen molar-refractivity contribution in [3.05, 3.63) is 71.6 Å². The van der Waals surface area contributed by atoms with Crippen LogP contribution < -0.4 is 9.64 Å². The Kier molecular flexibility index (Phi) is 4.24. The van der Waals surface area contributed by atoms with Crippen molar-refractivity contribution in [2.45, 2.75) is 6.54 Å². The van der Waals surface area contributed by atoms with Gasteiger partial charge < -0.3 is 15.1 Å². The minimum atomic E-state index is -0.996. The molecule has 2 aromatic rings. The zero-order valence-corrected chi connectivity index (χ0v) is 13.3. The molecule has 2 aromatic carbocycles. The number of aromatic hydroxyl groups is 1. The zero-order chi connectivity index (χ0) is 17.2. The molecule has 0 bridgehead atoms. The number of methoxy groups -OCH3 is 1. The number of carbonyl (C=O) groups is 1. The predicted octanol–water partition coefficient (Wildman–Crippen LogP) is 3.37. The van der Waals surface area contributed by atoms with Crippen LogP contribution in [0.3, 0.4) is 0 Å². The van der Waals surface area contributed by atoms with Crippen molar-refractivity contribution in [2.24, 2.45) is 0 Å². The number of benzene rings is 2. The number of amides is 2. The number of nitrogens with zero attached hydrogens (tertiary/aromatic N) is 2. The largest absolute Gasteiger partial charge is 0.623 e. The van der Waals surface area contributed by atoms with Crippen LogP contribution in [-0.4, -0.2) is 29.4 Å². The Labute approximate surface area is 140 Å². The highest BCUT2D eigenvalue weighted by molar-refractivity contribution is 5.90. The average Bonchev–Trinajstić information content (AvgIpc) is 2.59. The van der Waals surface area contributed by atoms with Gasteiger partial charge in [-0.25, -0.2) is 9.69 Å². The number of phenols is 1. The van der Waals surface area contributed by atoms with E-state index in [1.54, 1.807) is 55.8 Å². The third kappa shape index (κ3) is 3.10. The smallest absolute Gasteiger partial charge is 0.428 e.